The Morgan fingerprint density at radius 1 is 1.21 bits per heavy atom. The Labute approximate surface area is 139 Å². The Hall–Kier alpha value is -2.26. The predicted octanol–water partition coefficient (Wildman–Crippen LogP) is 1.13. The van der Waals surface area contributed by atoms with Crippen LogP contribution < -0.4 is 0 Å². The van der Waals surface area contributed by atoms with Crippen molar-refractivity contribution in [2.75, 3.05) is 12.3 Å². The quantitative estimate of drug-likeness (QED) is 0.461. The highest BCUT2D eigenvalue weighted by atomic mass is 32.2. The van der Waals surface area contributed by atoms with Crippen LogP contribution in [-0.4, -0.2) is 54.1 Å². The van der Waals surface area contributed by atoms with Crippen LogP contribution in [-0.2, 0) is 14.9 Å². The molecule has 0 radical (unpaired) electrons. The molecule has 2 amide bonds. The second-order valence-electron chi connectivity index (χ2n) is 5.62. The lowest BCUT2D eigenvalue weighted by molar-refractivity contribution is 0.0377. The molecule has 1 aliphatic rings. The molecule has 0 unspecified atom stereocenters. The number of hydrogen-bond donors (Lipinski definition) is 1. The first-order valence-corrected chi connectivity index (χ1v) is 8.87. The number of nitrogens with zero attached hydrogens (tertiary/aromatic N) is 1. The lowest BCUT2D eigenvalue weighted by atomic mass is 10.1. The molecule has 24 heavy (non-hydrogen) atoms. The van der Waals surface area contributed by atoms with Crippen LogP contribution >= 0.6 is 0 Å². The third kappa shape index (κ3) is 3.98. The SMILES string of the molecule is CC(C)OC(=O)c1ccc2c(c1)C(=O)N(CCCS(=O)(=O)O)C2=O. The molecule has 8 nitrogen and oxygen atoms in total. The summed E-state index contributed by atoms with van der Waals surface area (Å²) in [5, 5.41) is 0. The molecule has 130 valence electrons. The van der Waals surface area contributed by atoms with Gasteiger partial charge in [-0.25, -0.2) is 4.79 Å². The minimum Gasteiger partial charge on any atom is -0.459 e. The third-order valence-corrected chi connectivity index (χ3v) is 4.14. The van der Waals surface area contributed by atoms with E-state index in [1.807, 2.05) is 0 Å². The Morgan fingerprint density at radius 2 is 1.83 bits per heavy atom. The van der Waals surface area contributed by atoms with Crippen LogP contribution in [0, 0.1) is 0 Å². The molecule has 0 bridgehead atoms. The van der Waals surface area contributed by atoms with Gasteiger partial charge < -0.3 is 4.74 Å². The summed E-state index contributed by atoms with van der Waals surface area (Å²) in [6.45, 7) is 3.24. The van der Waals surface area contributed by atoms with E-state index in [2.05, 4.69) is 0 Å². The maximum absolute atomic E-state index is 12.3. The van der Waals surface area contributed by atoms with E-state index in [4.69, 9.17) is 9.29 Å². The van der Waals surface area contributed by atoms with Crippen molar-refractivity contribution in [2.24, 2.45) is 0 Å². The molecule has 1 aromatic carbocycles. The maximum Gasteiger partial charge on any atom is 0.338 e. The van der Waals surface area contributed by atoms with E-state index in [1.54, 1.807) is 13.8 Å². The summed E-state index contributed by atoms with van der Waals surface area (Å²) >= 11 is 0. The number of rotatable bonds is 6. The summed E-state index contributed by atoms with van der Waals surface area (Å²) in [5.41, 5.74) is 0.376. The van der Waals surface area contributed by atoms with E-state index in [-0.39, 0.29) is 35.8 Å². The van der Waals surface area contributed by atoms with Crippen molar-refractivity contribution in [3.05, 3.63) is 34.9 Å². The molecule has 9 heteroatoms. The molecule has 1 heterocycles. The van der Waals surface area contributed by atoms with E-state index in [0.29, 0.717) is 0 Å². The van der Waals surface area contributed by atoms with Crippen LogP contribution in [0.1, 0.15) is 51.3 Å². The summed E-state index contributed by atoms with van der Waals surface area (Å²) < 4.78 is 35.2. The van der Waals surface area contributed by atoms with E-state index in [9.17, 15) is 22.8 Å². The molecule has 1 aliphatic heterocycles. The van der Waals surface area contributed by atoms with Gasteiger partial charge in [0.15, 0.2) is 0 Å². The van der Waals surface area contributed by atoms with Gasteiger partial charge in [-0.05, 0) is 38.5 Å². The topological polar surface area (TPSA) is 118 Å². The van der Waals surface area contributed by atoms with Crippen LogP contribution in [0.2, 0.25) is 0 Å². The van der Waals surface area contributed by atoms with Gasteiger partial charge in [-0.2, -0.15) is 8.42 Å². The number of carbonyl (C=O) groups excluding carboxylic acids is 3. The summed E-state index contributed by atoms with van der Waals surface area (Å²) in [5.74, 6) is -2.32. The number of amides is 2. The Morgan fingerprint density at radius 3 is 2.42 bits per heavy atom. The van der Waals surface area contributed by atoms with Gasteiger partial charge in [0.1, 0.15) is 0 Å². The molecular formula is C15H17NO7S. The molecule has 0 saturated heterocycles. The number of benzene rings is 1. The fourth-order valence-corrected chi connectivity index (χ4v) is 2.80. The van der Waals surface area contributed by atoms with Crippen molar-refractivity contribution in [3.8, 4) is 0 Å². The second-order valence-corrected chi connectivity index (χ2v) is 7.19. The average Bonchev–Trinajstić information content (AvgIpc) is 2.70. The van der Waals surface area contributed by atoms with Crippen molar-refractivity contribution < 1.29 is 32.1 Å². The zero-order valence-electron chi connectivity index (χ0n) is 13.2. The van der Waals surface area contributed by atoms with E-state index in [0.717, 1.165) is 4.90 Å². The first kappa shape index (κ1) is 18.1. The normalized spacial score (nSPS) is 14.2. The summed E-state index contributed by atoms with van der Waals surface area (Å²) in [4.78, 5) is 37.3. The highest BCUT2D eigenvalue weighted by Gasteiger charge is 2.35. The highest BCUT2D eigenvalue weighted by Crippen LogP contribution is 2.24. The number of esters is 1. The smallest absolute Gasteiger partial charge is 0.338 e. The predicted molar refractivity (Wildman–Crippen MR) is 83.4 cm³/mol. The molecule has 0 saturated carbocycles. The molecule has 0 aromatic heterocycles. The summed E-state index contributed by atoms with van der Waals surface area (Å²) in [6.07, 6.45) is -0.396. The molecule has 1 N–H and O–H groups in total. The third-order valence-electron chi connectivity index (χ3n) is 3.33. The molecule has 0 atom stereocenters. The Kier molecular flexibility index (Phi) is 5.05. The Balaban J connectivity index is 2.17. The van der Waals surface area contributed by atoms with Crippen molar-refractivity contribution in [2.45, 2.75) is 26.4 Å². The number of ether oxygens (including phenoxy) is 1. The van der Waals surface area contributed by atoms with Gasteiger partial charge in [0.05, 0.1) is 28.5 Å². The van der Waals surface area contributed by atoms with Crippen molar-refractivity contribution in [3.63, 3.8) is 0 Å². The minimum absolute atomic E-state index is 0.0741. The fraction of sp³-hybridized carbons (Fsp3) is 0.400. The largest absolute Gasteiger partial charge is 0.459 e. The number of hydrogen-bond acceptors (Lipinski definition) is 6. The zero-order chi connectivity index (χ0) is 18.1. The molecule has 0 spiro atoms. The lowest BCUT2D eigenvalue weighted by Gasteiger charge is -2.12. The molecule has 0 fully saturated rings. The van der Waals surface area contributed by atoms with Crippen LogP contribution in [0.4, 0.5) is 0 Å². The molecule has 1 aromatic rings. The standard InChI is InChI=1S/C15H17NO7S/c1-9(2)23-15(19)10-4-5-11-12(8-10)14(18)16(13(11)17)6-3-7-24(20,21)22/h4-5,8-9H,3,6-7H2,1-2H3,(H,20,21,22). The summed E-state index contributed by atoms with van der Waals surface area (Å²) in [6, 6.07) is 4.06. The maximum atomic E-state index is 12.3. The van der Waals surface area contributed by atoms with Crippen LogP contribution in [0.25, 0.3) is 0 Å². The second kappa shape index (κ2) is 6.70. The molecule has 0 aliphatic carbocycles. The highest BCUT2D eigenvalue weighted by molar-refractivity contribution is 7.85. The van der Waals surface area contributed by atoms with Gasteiger partial charge in [-0.15, -0.1) is 0 Å². The lowest BCUT2D eigenvalue weighted by Crippen LogP contribution is -2.31. The summed E-state index contributed by atoms with van der Waals surface area (Å²) in [7, 11) is -4.16. The van der Waals surface area contributed by atoms with Crippen LogP contribution in [0.5, 0.6) is 0 Å². The Bertz CT molecular complexity index is 798. The fourth-order valence-electron chi connectivity index (χ4n) is 2.31. The first-order chi connectivity index (χ1) is 11.1. The van der Waals surface area contributed by atoms with Gasteiger partial charge in [-0.1, -0.05) is 0 Å². The average molecular weight is 355 g/mol. The van der Waals surface area contributed by atoms with E-state index < -0.39 is 33.7 Å². The van der Waals surface area contributed by atoms with Crippen molar-refractivity contribution >= 4 is 27.9 Å². The van der Waals surface area contributed by atoms with Crippen LogP contribution in [0.15, 0.2) is 18.2 Å². The van der Waals surface area contributed by atoms with Gasteiger partial charge in [0, 0.05) is 6.54 Å². The number of carbonyl (C=O) groups is 3. The van der Waals surface area contributed by atoms with Crippen molar-refractivity contribution in [1.82, 2.24) is 4.90 Å². The first-order valence-electron chi connectivity index (χ1n) is 7.26. The number of imide groups is 1. The van der Waals surface area contributed by atoms with Gasteiger partial charge in [-0.3, -0.25) is 19.0 Å². The minimum atomic E-state index is -4.16. The van der Waals surface area contributed by atoms with E-state index >= 15 is 0 Å². The van der Waals surface area contributed by atoms with Crippen LogP contribution in [0.3, 0.4) is 0 Å². The van der Waals surface area contributed by atoms with E-state index in [1.165, 1.54) is 18.2 Å². The zero-order valence-corrected chi connectivity index (χ0v) is 14.0. The molecular weight excluding hydrogens is 338 g/mol. The van der Waals surface area contributed by atoms with Crippen molar-refractivity contribution in [1.29, 1.82) is 0 Å². The molecule has 2 rings (SSSR count). The number of fused-ring (bicyclic) bond motifs is 1. The van der Waals surface area contributed by atoms with Gasteiger partial charge in [0.2, 0.25) is 0 Å². The monoisotopic (exact) mass is 355 g/mol. The van der Waals surface area contributed by atoms with Gasteiger partial charge in [0.25, 0.3) is 21.9 Å². The van der Waals surface area contributed by atoms with Gasteiger partial charge >= 0.3 is 5.97 Å².